The fraction of sp³-hybridized carbons (Fsp3) is 0.167. The monoisotopic (exact) mass is 205 g/mol. The van der Waals surface area contributed by atoms with Gasteiger partial charge in [0.05, 0.1) is 11.3 Å². The van der Waals surface area contributed by atoms with Crippen molar-refractivity contribution < 1.29 is 18.8 Å². The van der Waals surface area contributed by atoms with Gasteiger partial charge in [-0.2, -0.15) is 0 Å². The van der Waals surface area contributed by atoms with Crippen molar-refractivity contribution in [3.8, 4) is 5.75 Å². The summed E-state index contributed by atoms with van der Waals surface area (Å²) in [5.41, 5.74) is 3.62. The lowest BCUT2D eigenvalue weighted by Gasteiger charge is -2.04. The first-order chi connectivity index (χ1) is 6.45. The Bertz CT molecular complexity index is 383. The number of hydrogen-bond donors (Lipinski definition) is 2. The van der Waals surface area contributed by atoms with E-state index < -0.39 is 34.2 Å². The number of pyridine rings is 1. The lowest BCUT2D eigenvalue weighted by atomic mass is 10.2. The second-order valence-corrected chi connectivity index (χ2v) is 2.36. The summed E-state index contributed by atoms with van der Waals surface area (Å²) in [6.07, 6.45) is -2.38. The van der Waals surface area contributed by atoms with E-state index in [2.05, 4.69) is 4.98 Å². The van der Waals surface area contributed by atoms with Crippen molar-refractivity contribution >= 4 is 11.5 Å². The molecule has 6 nitrogen and oxygen atoms in total. The largest absolute Gasteiger partial charge is 0.501 e. The zero-order chi connectivity index (χ0) is 10.9. The smallest absolute Gasteiger partial charge is 0.406 e. The Kier molecular flexibility index (Phi) is 2.45. The molecule has 0 fully saturated rings. The lowest BCUT2D eigenvalue weighted by Crippen LogP contribution is -2.01. The normalized spacial score (nSPS) is 10.5. The van der Waals surface area contributed by atoms with Gasteiger partial charge >= 0.3 is 5.82 Å². The number of rotatable bonds is 2. The maximum atomic E-state index is 12.2. The summed E-state index contributed by atoms with van der Waals surface area (Å²) in [6, 6.07) is 0. The van der Waals surface area contributed by atoms with Crippen LogP contribution < -0.4 is 5.73 Å². The van der Waals surface area contributed by atoms with Gasteiger partial charge in [-0.15, -0.1) is 0 Å². The molecule has 8 heteroatoms. The van der Waals surface area contributed by atoms with Crippen LogP contribution in [0.15, 0.2) is 6.20 Å². The highest BCUT2D eigenvalue weighted by Crippen LogP contribution is 2.37. The quantitative estimate of drug-likeness (QED) is 0.558. The van der Waals surface area contributed by atoms with E-state index in [9.17, 15) is 18.9 Å². The molecule has 0 amide bonds. The zero-order valence-corrected chi connectivity index (χ0v) is 6.65. The van der Waals surface area contributed by atoms with E-state index in [0.29, 0.717) is 6.20 Å². The van der Waals surface area contributed by atoms with Crippen molar-refractivity contribution in [1.82, 2.24) is 4.98 Å². The van der Waals surface area contributed by atoms with Crippen molar-refractivity contribution in [3.05, 3.63) is 21.9 Å². The van der Waals surface area contributed by atoms with E-state index in [1.54, 1.807) is 0 Å². The SMILES string of the molecule is Nc1cnc([N+](=O)[O-])c(O)c1C(F)F. The molecule has 0 bridgehead atoms. The predicted molar refractivity (Wildman–Crippen MR) is 41.9 cm³/mol. The number of aromatic nitrogens is 1. The van der Waals surface area contributed by atoms with E-state index >= 15 is 0 Å². The molecule has 0 aliphatic rings. The fourth-order valence-corrected chi connectivity index (χ4v) is 0.881. The summed E-state index contributed by atoms with van der Waals surface area (Å²) in [7, 11) is 0. The van der Waals surface area contributed by atoms with Gasteiger partial charge in [0.25, 0.3) is 6.43 Å². The predicted octanol–water partition coefficient (Wildman–Crippen LogP) is 1.22. The van der Waals surface area contributed by atoms with Crippen LogP contribution in [0.3, 0.4) is 0 Å². The number of aromatic hydroxyl groups is 1. The Labute approximate surface area is 76.1 Å². The lowest BCUT2D eigenvalue weighted by molar-refractivity contribution is -0.390. The number of alkyl halides is 2. The van der Waals surface area contributed by atoms with Crippen LogP contribution in [0, 0.1) is 10.1 Å². The first-order valence-electron chi connectivity index (χ1n) is 3.35. The highest BCUT2D eigenvalue weighted by atomic mass is 19.3. The molecule has 14 heavy (non-hydrogen) atoms. The third kappa shape index (κ3) is 1.53. The van der Waals surface area contributed by atoms with Gasteiger partial charge in [0.2, 0.25) is 5.75 Å². The minimum absolute atomic E-state index is 0.483. The maximum Gasteiger partial charge on any atom is 0.406 e. The summed E-state index contributed by atoms with van der Waals surface area (Å²) < 4.78 is 24.5. The number of hydrogen-bond acceptors (Lipinski definition) is 5. The van der Waals surface area contributed by atoms with Crippen molar-refractivity contribution in [2.45, 2.75) is 6.43 Å². The van der Waals surface area contributed by atoms with E-state index in [1.807, 2.05) is 0 Å². The highest BCUT2D eigenvalue weighted by Gasteiger charge is 2.26. The average Bonchev–Trinajstić information content (AvgIpc) is 2.02. The minimum Gasteiger partial charge on any atom is -0.501 e. The Morgan fingerprint density at radius 3 is 2.64 bits per heavy atom. The van der Waals surface area contributed by atoms with Crippen molar-refractivity contribution in [2.75, 3.05) is 5.73 Å². The minimum atomic E-state index is -3.09. The topological polar surface area (TPSA) is 102 Å². The van der Waals surface area contributed by atoms with E-state index in [1.165, 1.54) is 0 Å². The van der Waals surface area contributed by atoms with Gasteiger partial charge in [0, 0.05) is 0 Å². The van der Waals surface area contributed by atoms with Crippen LogP contribution in [0.4, 0.5) is 20.3 Å². The van der Waals surface area contributed by atoms with Gasteiger partial charge in [-0.1, -0.05) is 0 Å². The van der Waals surface area contributed by atoms with Gasteiger partial charge < -0.3 is 21.0 Å². The average molecular weight is 205 g/mol. The van der Waals surface area contributed by atoms with Crippen LogP contribution in [0.5, 0.6) is 5.75 Å². The molecule has 0 aliphatic heterocycles. The molecule has 3 N–H and O–H groups in total. The van der Waals surface area contributed by atoms with Crippen LogP contribution in [-0.4, -0.2) is 15.0 Å². The molecule has 0 aliphatic carbocycles. The summed E-state index contributed by atoms with van der Waals surface area (Å²) in [6.45, 7) is 0. The maximum absolute atomic E-state index is 12.2. The molecule has 1 heterocycles. The van der Waals surface area contributed by atoms with E-state index in [-0.39, 0.29) is 0 Å². The third-order valence-electron chi connectivity index (χ3n) is 1.50. The molecular weight excluding hydrogens is 200 g/mol. The molecule has 76 valence electrons. The van der Waals surface area contributed by atoms with Gasteiger partial charge in [-0.3, -0.25) is 0 Å². The molecule has 0 spiro atoms. The molecule has 0 aromatic carbocycles. The standard InChI is InChI=1S/C6H5F2N3O3/c7-5(8)3-2(9)1-10-6(4(3)12)11(13)14/h1,5,12H,9H2. The molecule has 0 unspecified atom stereocenters. The summed E-state index contributed by atoms with van der Waals surface area (Å²) in [5, 5.41) is 19.3. The number of nitrogens with zero attached hydrogens (tertiary/aromatic N) is 2. The second kappa shape index (κ2) is 3.40. The molecular formula is C6H5F2N3O3. The Morgan fingerprint density at radius 2 is 2.21 bits per heavy atom. The number of nitro groups is 1. The van der Waals surface area contributed by atoms with Gasteiger partial charge in [-0.05, 0) is 9.91 Å². The summed E-state index contributed by atoms with van der Waals surface area (Å²) in [5.74, 6) is -2.22. The second-order valence-electron chi connectivity index (χ2n) is 2.36. The van der Waals surface area contributed by atoms with E-state index in [0.717, 1.165) is 0 Å². The number of anilines is 1. The molecule has 0 saturated heterocycles. The third-order valence-corrected chi connectivity index (χ3v) is 1.50. The number of nitrogens with two attached hydrogens (primary N) is 1. The van der Waals surface area contributed by atoms with Gasteiger partial charge in [0.15, 0.2) is 6.20 Å². The van der Waals surface area contributed by atoms with Crippen molar-refractivity contribution in [2.24, 2.45) is 0 Å². The molecule has 0 saturated carbocycles. The fourth-order valence-electron chi connectivity index (χ4n) is 0.881. The van der Waals surface area contributed by atoms with Gasteiger partial charge in [0.1, 0.15) is 0 Å². The van der Waals surface area contributed by atoms with Crippen LogP contribution >= 0.6 is 0 Å². The molecule has 1 aromatic rings. The Morgan fingerprint density at radius 1 is 1.64 bits per heavy atom. The van der Waals surface area contributed by atoms with E-state index in [4.69, 9.17) is 10.8 Å². The summed E-state index contributed by atoms with van der Waals surface area (Å²) >= 11 is 0. The summed E-state index contributed by atoms with van der Waals surface area (Å²) in [4.78, 5) is 12.2. The first-order valence-corrected chi connectivity index (χ1v) is 3.35. The van der Waals surface area contributed by atoms with Crippen molar-refractivity contribution in [3.63, 3.8) is 0 Å². The Hall–Kier alpha value is -1.99. The van der Waals surface area contributed by atoms with Crippen LogP contribution in [0.1, 0.15) is 12.0 Å². The highest BCUT2D eigenvalue weighted by molar-refractivity contribution is 5.58. The van der Waals surface area contributed by atoms with Crippen LogP contribution in [0.2, 0.25) is 0 Å². The number of halogens is 2. The van der Waals surface area contributed by atoms with Gasteiger partial charge in [-0.25, -0.2) is 8.78 Å². The molecule has 1 aromatic heterocycles. The number of nitrogen functional groups attached to an aromatic ring is 1. The van der Waals surface area contributed by atoms with Crippen LogP contribution in [0.25, 0.3) is 0 Å². The van der Waals surface area contributed by atoms with Crippen molar-refractivity contribution in [1.29, 1.82) is 0 Å². The molecule has 0 radical (unpaired) electrons. The van der Waals surface area contributed by atoms with Crippen LogP contribution in [-0.2, 0) is 0 Å². The first kappa shape index (κ1) is 10.1. The molecule has 1 rings (SSSR count). The Balaban J connectivity index is 3.41. The zero-order valence-electron chi connectivity index (χ0n) is 6.65. The molecule has 0 atom stereocenters.